The minimum atomic E-state index is -1.54. The summed E-state index contributed by atoms with van der Waals surface area (Å²) in [6, 6.07) is 2.87. The number of thioether (sulfide) groups is 2. The van der Waals surface area contributed by atoms with Crippen molar-refractivity contribution in [2.75, 3.05) is 17.2 Å². The molecule has 3 aliphatic rings. The van der Waals surface area contributed by atoms with Gasteiger partial charge in [0.05, 0.1) is 0 Å². The summed E-state index contributed by atoms with van der Waals surface area (Å²) in [5.74, 6) is -4.43. The lowest BCUT2D eigenvalue weighted by Gasteiger charge is -2.49. The Morgan fingerprint density at radius 1 is 1.22 bits per heavy atom. The highest BCUT2D eigenvalue weighted by molar-refractivity contribution is 8.01. The number of aromatic hydroxyl groups is 2. The molecule has 0 unspecified atom stereocenters. The molecule has 0 spiro atoms. The Morgan fingerprint density at radius 3 is 2.64 bits per heavy atom. The number of β-lactam (4-membered cyclic amide) rings is 1. The largest absolute Gasteiger partial charge is 0.504 e. The van der Waals surface area contributed by atoms with Gasteiger partial charge in [-0.15, -0.1) is 33.3 Å². The van der Waals surface area contributed by atoms with E-state index in [0.29, 0.717) is 11.1 Å². The van der Waals surface area contributed by atoms with Crippen molar-refractivity contribution in [2.24, 2.45) is 5.16 Å². The number of carboxylic acid groups (broad SMARTS) is 2. The molecule has 0 bridgehead atoms. The SMILES string of the molecule is Nc1nc(C(=NOC2(C(=O)O)CC2)C(=O)N[C@@H]2C(=O)N3C(C(=O)O)=C(CSc4nnc(-c5ccc(O)c(O)c5)o4)CS[C@H]23)cs1. The Bertz CT molecular complexity index is 1800. The average Bonchev–Trinajstić information content (AvgIpc) is 3.45. The molecule has 20 heteroatoms. The van der Waals surface area contributed by atoms with Gasteiger partial charge in [-0.1, -0.05) is 16.9 Å². The standard InChI is InChI=1S/C25H21N7O10S3/c26-23-27-11(8-44-23)14(31-42-25(3-4-25)22(39)40)17(35)28-15-19(36)32-16(21(37)38)10(6-43-20(15)32)7-45-24-30-29-18(41-24)9-1-2-12(33)13(34)5-9/h1-2,5,8,15,20,33-34H,3-4,6-7H2,(H2,26,27)(H,28,35)(H,37,38)(H,39,40)/t15-,20-/m1/s1. The number of phenolic OH excluding ortho intramolecular Hbond substituents is 2. The molecule has 2 amide bonds. The molecule has 1 aliphatic carbocycles. The number of carboxylic acids is 2. The molecule has 6 rings (SSSR count). The van der Waals surface area contributed by atoms with Crippen LogP contribution in [0.4, 0.5) is 5.13 Å². The maximum atomic E-state index is 13.3. The van der Waals surface area contributed by atoms with Gasteiger partial charge in [0.15, 0.2) is 22.3 Å². The Labute approximate surface area is 264 Å². The van der Waals surface area contributed by atoms with Crippen molar-refractivity contribution in [3.05, 3.63) is 40.5 Å². The van der Waals surface area contributed by atoms with Gasteiger partial charge < -0.3 is 40.7 Å². The lowest BCUT2D eigenvalue weighted by atomic mass is 10.0. The molecule has 234 valence electrons. The number of carbonyl (C=O) groups is 4. The summed E-state index contributed by atoms with van der Waals surface area (Å²) in [4.78, 5) is 60.5. The quantitative estimate of drug-likeness (QED) is 0.0545. The predicted molar refractivity (Wildman–Crippen MR) is 157 cm³/mol. The number of phenols is 2. The average molecular weight is 676 g/mol. The zero-order valence-electron chi connectivity index (χ0n) is 22.6. The number of carbonyl (C=O) groups excluding carboxylic acids is 2. The Morgan fingerprint density at radius 2 is 2.00 bits per heavy atom. The number of nitrogens with one attached hydrogen (secondary N) is 1. The van der Waals surface area contributed by atoms with Gasteiger partial charge in [0.2, 0.25) is 11.5 Å². The maximum Gasteiger partial charge on any atom is 0.352 e. The normalized spacial score (nSPS) is 20.3. The van der Waals surface area contributed by atoms with Crippen LogP contribution in [0.5, 0.6) is 11.5 Å². The zero-order valence-corrected chi connectivity index (χ0v) is 25.0. The van der Waals surface area contributed by atoms with Crippen molar-refractivity contribution in [2.45, 2.75) is 35.1 Å². The molecule has 17 nitrogen and oxygen atoms in total. The molecule has 1 saturated heterocycles. The summed E-state index contributed by atoms with van der Waals surface area (Å²) in [7, 11) is 0. The Balaban J connectivity index is 1.15. The number of hydrogen-bond acceptors (Lipinski definition) is 16. The highest BCUT2D eigenvalue weighted by atomic mass is 32.2. The van der Waals surface area contributed by atoms with Crippen LogP contribution in [0.25, 0.3) is 11.5 Å². The van der Waals surface area contributed by atoms with Crippen LogP contribution in [0.15, 0.2) is 49.6 Å². The van der Waals surface area contributed by atoms with Gasteiger partial charge in [-0.25, -0.2) is 14.6 Å². The van der Waals surface area contributed by atoms with Crippen LogP contribution in [0.1, 0.15) is 18.5 Å². The first-order chi connectivity index (χ1) is 21.5. The second-order valence-electron chi connectivity index (χ2n) is 9.89. The van der Waals surface area contributed by atoms with Crippen molar-refractivity contribution < 1.29 is 48.9 Å². The molecule has 2 fully saturated rings. The fourth-order valence-electron chi connectivity index (χ4n) is 4.39. The van der Waals surface area contributed by atoms with Gasteiger partial charge in [0, 0.05) is 35.3 Å². The van der Waals surface area contributed by atoms with Gasteiger partial charge in [-0.05, 0) is 23.8 Å². The lowest BCUT2D eigenvalue weighted by Crippen LogP contribution is -2.71. The molecule has 45 heavy (non-hydrogen) atoms. The molecule has 7 N–H and O–H groups in total. The smallest absolute Gasteiger partial charge is 0.352 e. The molecule has 2 aromatic heterocycles. The number of nitrogens with two attached hydrogens (primary N) is 1. The van der Waals surface area contributed by atoms with Gasteiger partial charge in [0.1, 0.15) is 22.8 Å². The minimum absolute atomic E-state index is 0.0212. The summed E-state index contributed by atoms with van der Waals surface area (Å²) in [6.07, 6.45) is 0.409. The van der Waals surface area contributed by atoms with Gasteiger partial charge in [0.25, 0.3) is 17.0 Å². The van der Waals surface area contributed by atoms with Crippen LogP contribution in [-0.2, 0) is 24.0 Å². The van der Waals surface area contributed by atoms with Crippen LogP contribution >= 0.6 is 34.9 Å². The number of thiazole rings is 1. The van der Waals surface area contributed by atoms with Gasteiger partial charge in [-0.2, -0.15) is 0 Å². The third-order valence-corrected chi connectivity index (χ3v) is 9.84. The molecular formula is C25H21N7O10S3. The van der Waals surface area contributed by atoms with Crippen LogP contribution in [0, 0.1) is 0 Å². The first-order valence-electron chi connectivity index (χ1n) is 12.9. The van der Waals surface area contributed by atoms with Crippen LogP contribution in [-0.4, -0.2) is 98.5 Å². The second kappa shape index (κ2) is 11.6. The van der Waals surface area contributed by atoms with E-state index in [4.69, 9.17) is 15.0 Å². The molecule has 1 aromatic carbocycles. The maximum absolute atomic E-state index is 13.3. The van der Waals surface area contributed by atoms with E-state index in [0.717, 1.165) is 28.0 Å². The number of amides is 2. The van der Waals surface area contributed by atoms with Crippen LogP contribution < -0.4 is 11.1 Å². The Hall–Kier alpha value is -4.82. The van der Waals surface area contributed by atoms with Gasteiger partial charge in [-0.3, -0.25) is 14.5 Å². The number of aliphatic carboxylic acids is 2. The second-order valence-corrected chi connectivity index (χ2v) is 12.8. The number of anilines is 1. The fourth-order valence-corrected chi connectivity index (χ4v) is 7.18. The zero-order chi connectivity index (χ0) is 32.0. The number of nitrogen functional groups attached to an aromatic ring is 1. The number of hydrogen-bond donors (Lipinski definition) is 6. The molecule has 3 aromatic rings. The third-order valence-electron chi connectivity index (χ3n) is 6.92. The Kier molecular flexibility index (Phi) is 7.79. The van der Waals surface area contributed by atoms with E-state index in [1.165, 1.54) is 35.3 Å². The van der Waals surface area contributed by atoms with E-state index in [9.17, 15) is 39.6 Å². The summed E-state index contributed by atoms with van der Waals surface area (Å²) < 4.78 is 5.59. The van der Waals surface area contributed by atoms with Gasteiger partial charge >= 0.3 is 11.9 Å². The van der Waals surface area contributed by atoms with E-state index >= 15 is 0 Å². The number of fused-ring (bicyclic) bond motifs is 1. The molecule has 1 saturated carbocycles. The monoisotopic (exact) mass is 675 g/mol. The summed E-state index contributed by atoms with van der Waals surface area (Å²) in [5.41, 5.74) is 4.33. The highest BCUT2D eigenvalue weighted by Gasteiger charge is 2.56. The van der Waals surface area contributed by atoms with Crippen LogP contribution in [0.2, 0.25) is 0 Å². The van der Waals surface area contributed by atoms with Crippen molar-refractivity contribution in [3.63, 3.8) is 0 Å². The number of rotatable bonds is 11. The van der Waals surface area contributed by atoms with Crippen molar-refractivity contribution >= 4 is 69.5 Å². The summed E-state index contributed by atoms with van der Waals surface area (Å²) in [5, 5.41) is 53.7. The van der Waals surface area contributed by atoms with Crippen molar-refractivity contribution in [1.82, 2.24) is 25.4 Å². The molecule has 2 aliphatic heterocycles. The topological polar surface area (TPSA) is 264 Å². The van der Waals surface area contributed by atoms with E-state index in [1.807, 2.05) is 0 Å². The lowest BCUT2D eigenvalue weighted by molar-refractivity contribution is -0.153. The van der Waals surface area contributed by atoms with Crippen molar-refractivity contribution in [1.29, 1.82) is 0 Å². The van der Waals surface area contributed by atoms with Crippen LogP contribution in [0.3, 0.4) is 0 Å². The van der Waals surface area contributed by atoms with E-state index in [2.05, 4.69) is 25.7 Å². The first-order valence-corrected chi connectivity index (χ1v) is 15.8. The van der Waals surface area contributed by atoms with Crippen molar-refractivity contribution in [3.8, 4) is 23.0 Å². The molecule has 2 atom stereocenters. The summed E-state index contributed by atoms with van der Waals surface area (Å²) in [6.45, 7) is 0. The number of oxime groups is 1. The highest BCUT2D eigenvalue weighted by Crippen LogP contribution is 2.42. The first kappa shape index (κ1) is 30.2. The third kappa shape index (κ3) is 5.73. The van der Waals surface area contributed by atoms with E-state index in [-0.39, 0.29) is 69.2 Å². The van der Waals surface area contributed by atoms with E-state index < -0.39 is 40.8 Å². The molecule has 4 heterocycles. The minimum Gasteiger partial charge on any atom is -0.504 e. The number of nitrogens with zero attached hydrogens (tertiary/aromatic N) is 5. The predicted octanol–water partition coefficient (Wildman–Crippen LogP) is 1.06. The number of aromatic nitrogens is 3. The fraction of sp³-hybridized carbons (Fsp3) is 0.280. The molecule has 0 radical (unpaired) electrons. The summed E-state index contributed by atoms with van der Waals surface area (Å²) >= 11 is 3.30. The molecular weight excluding hydrogens is 655 g/mol. The number of benzene rings is 1. The van der Waals surface area contributed by atoms with E-state index in [1.54, 1.807) is 0 Å².